The molecular weight excluding hydrogens is 294 g/mol. The third-order valence-corrected chi connectivity index (χ3v) is 3.52. The van der Waals surface area contributed by atoms with Gasteiger partial charge in [0.25, 0.3) is 5.91 Å². The molecule has 1 amide bonds. The first kappa shape index (κ1) is 15.4. The number of hydrogen-bond donors (Lipinski definition) is 1. The Kier molecular flexibility index (Phi) is 4.78. The molecule has 1 unspecified atom stereocenters. The lowest BCUT2D eigenvalue weighted by molar-refractivity contribution is 0.0756. The summed E-state index contributed by atoms with van der Waals surface area (Å²) in [6, 6.07) is 14.7. The van der Waals surface area contributed by atoms with Crippen LogP contribution in [0.4, 0.5) is 0 Å². The standard InChI is InChI=1S/C18H19NO4/c1-2-21-11-12-22-14-9-7-13(8-10-14)18-19-17(20)15-5-3-4-6-16(15)23-18/h3-10,18H,2,11-12H2,1H3,(H,19,20). The molecule has 0 aromatic heterocycles. The van der Waals surface area contributed by atoms with E-state index in [4.69, 9.17) is 14.2 Å². The maximum Gasteiger partial charge on any atom is 0.258 e. The molecule has 2 aromatic rings. The van der Waals surface area contributed by atoms with Gasteiger partial charge in [0, 0.05) is 12.2 Å². The van der Waals surface area contributed by atoms with Crippen molar-refractivity contribution < 1.29 is 19.0 Å². The molecule has 0 spiro atoms. The number of benzene rings is 2. The van der Waals surface area contributed by atoms with Gasteiger partial charge in [-0.05, 0) is 43.3 Å². The van der Waals surface area contributed by atoms with Crippen LogP contribution in [0.5, 0.6) is 11.5 Å². The summed E-state index contributed by atoms with van der Waals surface area (Å²) in [7, 11) is 0. The highest BCUT2D eigenvalue weighted by Gasteiger charge is 2.25. The predicted molar refractivity (Wildman–Crippen MR) is 85.7 cm³/mol. The van der Waals surface area contributed by atoms with Gasteiger partial charge in [0.2, 0.25) is 0 Å². The van der Waals surface area contributed by atoms with Crippen molar-refractivity contribution in [3.05, 3.63) is 59.7 Å². The largest absolute Gasteiger partial charge is 0.491 e. The topological polar surface area (TPSA) is 56.8 Å². The number of hydrogen-bond acceptors (Lipinski definition) is 4. The second kappa shape index (κ2) is 7.15. The molecule has 1 aliphatic rings. The Balaban J connectivity index is 1.65. The molecule has 120 valence electrons. The second-order valence-electron chi connectivity index (χ2n) is 5.08. The van der Waals surface area contributed by atoms with Gasteiger partial charge >= 0.3 is 0 Å². The zero-order chi connectivity index (χ0) is 16.1. The maximum atomic E-state index is 12.1. The van der Waals surface area contributed by atoms with Gasteiger partial charge in [-0.25, -0.2) is 0 Å². The van der Waals surface area contributed by atoms with E-state index < -0.39 is 6.23 Å². The lowest BCUT2D eigenvalue weighted by Gasteiger charge is -2.27. The first-order valence-corrected chi connectivity index (χ1v) is 7.65. The molecule has 5 nitrogen and oxygen atoms in total. The van der Waals surface area contributed by atoms with E-state index in [0.29, 0.717) is 31.1 Å². The molecule has 0 radical (unpaired) electrons. The van der Waals surface area contributed by atoms with Crippen molar-refractivity contribution in [1.29, 1.82) is 0 Å². The van der Waals surface area contributed by atoms with Gasteiger partial charge in [-0.1, -0.05) is 12.1 Å². The zero-order valence-corrected chi connectivity index (χ0v) is 13.0. The highest BCUT2D eigenvalue weighted by molar-refractivity contribution is 5.97. The Morgan fingerprint density at radius 1 is 1.09 bits per heavy atom. The second-order valence-corrected chi connectivity index (χ2v) is 5.08. The smallest absolute Gasteiger partial charge is 0.258 e. The number of amides is 1. The Hall–Kier alpha value is -2.53. The molecule has 2 aromatic carbocycles. The fraction of sp³-hybridized carbons (Fsp3) is 0.278. The van der Waals surface area contributed by atoms with Crippen LogP contribution in [0, 0.1) is 0 Å². The molecule has 1 heterocycles. The Morgan fingerprint density at radius 3 is 2.65 bits per heavy atom. The molecule has 0 aliphatic carbocycles. The summed E-state index contributed by atoms with van der Waals surface area (Å²) in [5, 5.41) is 2.85. The average Bonchev–Trinajstić information content (AvgIpc) is 2.59. The highest BCUT2D eigenvalue weighted by atomic mass is 16.5. The maximum absolute atomic E-state index is 12.1. The molecule has 0 fully saturated rings. The lowest BCUT2D eigenvalue weighted by Crippen LogP contribution is -2.36. The van der Waals surface area contributed by atoms with E-state index in [1.807, 2.05) is 43.3 Å². The number of ether oxygens (including phenoxy) is 3. The van der Waals surface area contributed by atoms with E-state index in [-0.39, 0.29) is 5.91 Å². The molecular formula is C18H19NO4. The highest BCUT2D eigenvalue weighted by Crippen LogP contribution is 2.29. The van der Waals surface area contributed by atoms with Gasteiger partial charge in [0.1, 0.15) is 18.1 Å². The quantitative estimate of drug-likeness (QED) is 0.833. The summed E-state index contributed by atoms with van der Waals surface area (Å²) in [6.07, 6.45) is -0.491. The van der Waals surface area contributed by atoms with Gasteiger partial charge in [-0.2, -0.15) is 0 Å². The van der Waals surface area contributed by atoms with Gasteiger partial charge in [-0.15, -0.1) is 0 Å². The molecule has 0 bridgehead atoms. The van der Waals surface area contributed by atoms with E-state index in [1.54, 1.807) is 12.1 Å². The van der Waals surface area contributed by atoms with E-state index in [9.17, 15) is 4.79 Å². The molecule has 3 rings (SSSR count). The van der Waals surface area contributed by atoms with E-state index in [1.165, 1.54) is 0 Å². The van der Waals surface area contributed by atoms with Gasteiger partial charge in [-0.3, -0.25) is 4.79 Å². The lowest BCUT2D eigenvalue weighted by atomic mass is 10.1. The summed E-state index contributed by atoms with van der Waals surface area (Å²) >= 11 is 0. The Bertz CT molecular complexity index is 669. The summed E-state index contributed by atoms with van der Waals surface area (Å²) in [5.41, 5.74) is 1.42. The van der Waals surface area contributed by atoms with Crippen molar-refractivity contribution in [1.82, 2.24) is 5.32 Å². The first-order valence-electron chi connectivity index (χ1n) is 7.65. The van der Waals surface area contributed by atoms with Gasteiger partial charge in [0.05, 0.1) is 12.2 Å². The van der Waals surface area contributed by atoms with Crippen molar-refractivity contribution in [2.45, 2.75) is 13.2 Å². The van der Waals surface area contributed by atoms with Crippen LogP contribution < -0.4 is 14.8 Å². The van der Waals surface area contributed by atoms with Gasteiger partial charge < -0.3 is 19.5 Å². The minimum Gasteiger partial charge on any atom is -0.491 e. The predicted octanol–water partition coefficient (Wildman–Crippen LogP) is 2.92. The first-order chi connectivity index (χ1) is 11.3. The van der Waals surface area contributed by atoms with E-state index >= 15 is 0 Å². The fourth-order valence-electron chi connectivity index (χ4n) is 2.36. The minimum atomic E-state index is -0.491. The number of carbonyl (C=O) groups excluding carboxylic acids is 1. The normalized spacial score (nSPS) is 16.2. The van der Waals surface area contributed by atoms with Crippen LogP contribution in [0.2, 0.25) is 0 Å². The fourth-order valence-corrected chi connectivity index (χ4v) is 2.36. The van der Waals surface area contributed by atoms with Crippen molar-refractivity contribution in [2.75, 3.05) is 19.8 Å². The monoisotopic (exact) mass is 313 g/mol. The van der Waals surface area contributed by atoms with Crippen LogP contribution in [0.3, 0.4) is 0 Å². The van der Waals surface area contributed by atoms with Crippen LogP contribution in [0.15, 0.2) is 48.5 Å². The SMILES string of the molecule is CCOCCOc1ccc(C2NC(=O)c3ccccc3O2)cc1. The van der Waals surface area contributed by atoms with Crippen molar-refractivity contribution in [2.24, 2.45) is 0 Å². The number of para-hydroxylation sites is 1. The molecule has 0 saturated carbocycles. The number of carbonyl (C=O) groups is 1. The minimum absolute atomic E-state index is 0.131. The van der Waals surface area contributed by atoms with E-state index in [0.717, 1.165) is 11.3 Å². The summed E-state index contributed by atoms with van der Waals surface area (Å²) in [6.45, 7) is 3.71. The Labute approximate surface area is 135 Å². The van der Waals surface area contributed by atoms with E-state index in [2.05, 4.69) is 5.32 Å². The third-order valence-electron chi connectivity index (χ3n) is 3.52. The van der Waals surface area contributed by atoms with Crippen molar-refractivity contribution in [3.8, 4) is 11.5 Å². The molecule has 1 aliphatic heterocycles. The van der Waals surface area contributed by atoms with Crippen LogP contribution in [-0.4, -0.2) is 25.7 Å². The summed E-state index contributed by atoms with van der Waals surface area (Å²) < 4.78 is 16.6. The van der Waals surface area contributed by atoms with Gasteiger partial charge in [0.15, 0.2) is 6.23 Å². The number of fused-ring (bicyclic) bond motifs is 1. The van der Waals surface area contributed by atoms with Crippen molar-refractivity contribution >= 4 is 5.91 Å². The average molecular weight is 313 g/mol. The van der Waals surface area contributed by atoms with Crippen molar-refractivity contribution in [3.63, 3.8) is 0 Å². The van der Waals surface area contributed by atoms with Crippen LogP contribution in [0.1, 0.15) is 29.1 Å². The van der Waals surface area contributed by atoms with Crippen LogP contribution in [-0.2, 0) is 4.74 Å². The van der Waals surface area contributed by atoms with Crippen LogP contribution >= 0.6 is 0 Å². The number of rotatable bonds is 6. The third kappa shape index (κ3) is 3.63. The molecule has 1 N–H and O–H groups in total. The number of nitrogens with one attached hydrogen (secondary N) is 1. The molecule has 0 saturated heterocycles. The molecule has 1 atom stereocenters. The summed E-state index contributed by atoms with van der Waals surface area (Å²) in [4.78, 5) is 12.1. The Morgan fingerprint density at radius 2 is 1.87 bits per heavy atom. The van der Waals surface area contributed by atoms with Crippen LogP contribution in [0.25, 0.3) is 0 Å². The summed E-state index contributed by atoms with van der Waals surface area (Å²) in [5.74, 6) is 1.23. The molecule has 5 heteroatoms. The zero-order valence-electron chi connectivity index (χ0n) is 13.0. The molecule has 23 heavy (non-hydrogen) atoms.